The van der Waals surface area contributed by atoms with E-state index in [0.717, 1.165) is 6.42 Å². The summed E-state index contributed by atoms with van der Waals surface area (Å²) in [5.41, 5.74) is 0.469. The van der Waals surface area contributed by atoms with Crippen LogP contribution in [0.4, 0.5) is 8.78 Å². The molecule has 104 valence electrons. The van der Waals surface area contributed by atoms with E-state index in [1.165, 1.54) is 24.3 Å². The zero-order chi connectivity index (χ0) is 13.8. The first-order valence-electron chi connectivity index (χ1n) is 6.00. The van der Waals surface area contributed by atoms with Crippen LogP contribution in [-0.2, 0) is 0 Å². The molecule has 3 nitrogen and oxygen atoms in total. The molecule has 1 heterocycles. The second-order valence-electron chi connectivity index (χ2n) is 4.46. The predicted octanol–water partition coefficient (Wildman–Crippen LogP) is 2.99. The summed E-state index contributed by atoms with van der Waals surface area (Å²) in [4.78, 5) is 13.9. The highest BCUT2D eigenvalue weighted by Crippen LogP contribution is 2.21. The van der Waals surface area contributed by atoms with Gasteiger partial charge in [0.15, 0.2) is 0 Å². The highest BCUT2D eigenvalue weighted by atomic mass is 35.5. The van der Waals surface area contributed by atoms with Crippen molar-refractivity contribution in [3.63, 3.8) is 0 Å². The lowest BCUT2D eigenvalue weighted by Gasteiger charge is -2.16. The monoisotopic (exact) mass is 289 g/mol. The van der Waals surface area contributed by atoms with Gasteiger partial charge in [0, 0.05) is 24.5 Å². The van der Waals surface area contributed by atoms with Crippen LogP contribution in [0.5, 0.6) is 5.75 Å². The van der Waals surface area contributed by atoms with E-state index in [-0.39, 0.29) is 11.7 Å². The molecule has 19 heavy (non-hydrogen) atoms. The molecule has 0 saturated carbocycles. The van der Waals surface area contributed by atoms with Crippen molar-refractivity contribution in [2.45, 2.75) is 13.0 Å². The summed E-state index contributed by atoms with van der Waals surface area (Å²) in [5, 5.41) is 0. The third-order valence-corrected chi connectivity index (χ3v) is 3.55. The molecule has 1 amide bonds. The molecule has 6 heteroatoms. The van der Waals surface area contributed by atoms with Crippen molar-refractivity contribution < 1.29 is 18.3 Å². The Kier molecular flexibility index (Phi) is 4.58. The number of hydrogen-bond acceptors (Lipinski definition) is 2. The number of rotatable bonds is 4. The van der Waals surface area contributed by atoms with E-state index >= 15 is 0 Å². The maximum atomic E-state index is 12.1. The van der Waals surface area contributed by atoms with Gasteiger partial charge in [0.1, 0.15) is 5.75 Å². The van der Waals surface area contributed by atoms with Gasteiger partial charge >= 0.3 is 6.61 Å². The Morgan fingerprint density at radius 1 is 1.42 bits per heavy atom. The van der Waals surface area contributed by atoms with Crippen LogP contribution in [0.1, 0.15) is 16.8 Å². The third-order valence-electron chi connectivity index (χ3n) is 3.12. The Hall–Kier alpha value is -1.36. The van der Waals surface area contributed by atoms with Gasteiger partial charge in [-0.3, -0.25) is 4.79 Å². The fraction of sp³-hybridized carbons (Fsp3) is 0.462. The number of amides is 1. The Bertz CT molecular complexity index is 439. The second kappa shape index (κ2) is 6.19. The van der Waals surface area contributed by atoms with Gasteiger partial charge in [0.05, 0.1) is 0 Å². The number of nitrogens with zero attached hydrogens (tertiary/aromatic N) is 1. The summed E-state index contributed by atoms with van der Waals surface area (Å²) in [6.07, 6.45) is 0.905. The van der Waals surface area contributed by atoms with Gasteiger partial charge in [-0.05, 0) is 36.6 Å². The number of benzene rings is 1. The van der Waals surface area contributed by atoms with E-state index in [0.29, 0.717) is 30.5 Å². The molecule has 1 aromatic rings. The van der Waals surface area contributed by atoms with Crippen LogP contribution in [0.3, 0.4) is 0 Å². The lowest BCUT2D eigenvalue weighted by atomic mass is 10.1. The molecule has 1 fully saturated rings. The molecule has 1 unspecified atom stereocenters. The van der Waals surface area contributed by atoms with Crippen molar-refractivity contribution in [2.24, 2.45) is 5.92 Å². The highest BCUT2D eigenvalue weighted by Gasteiger charge is 2.26. The van der Waals surface area contributed by atoms with Crippen LogP contribution in [0, 0.1) is 5.92 Å². The molecule has 0 aromatic heterocycles. The van der Waals surface area contributed by atoms with Crippen molar-refractivity contribution in [2.75, 3.05) is 19.0 Å². The van der Waals surface area contributed by atoms with Gasteiger partial charge in [-0.2, -0.15) is 8.78 Å². The molecule has 1 atom stereocenters. The minimum Gasteiger partial charge on any atom is -0.435 e. The quantitative estimate of drug-likeness (QED) is 0.798. The zero-order valence-electron chi connectivity index (χ0n) is 10.2. The first kappa shape index (κ1) is 14.1. The minimum absolute atomic E-state index is 0.0478. The number of halogens is 3. The van der Waals surface area contributed by atoms with E-state index in [1.807, 2.05) is 0 Å². The van der Waals surface area contributed by atoms with Crippen molar-refractivity contribution in [1.82, 2.24) is 4.90 Å². The van der Waals surface area contributed by atoms with Gasteiger partial charge in [-0.15, -0.1) is 11.6 Å². The summed E-state index contributed by atoms with van der Waals surface area (Å²) in [7, 11) is 0. The van der Waals surface area contributed by atoms with E-state index in [4.69, 9.17) is 11.6 Å². The van der Waals surface area contributed by atoms with Crippen LogP contribution in [0.15, 0.2) is 24.3 Å². The number of ether oxygens (including phenoxy) is 1. The summed E-state index contributed by atoms with van der Waals surface area (Å²) < 4.78 is 28.2. The molecular formula is C13H14ClF2NO2. The topological polar surface area (TPSA) is 29.5 Å². The average molecular weight is 290 g/mol. The molecule has 1 aliphatic heterocycles. The molecule has 0 bridgehead atoms. The van der Waals surface area contributed by atoms with Gasteiger partial charge in [0.25, 0.3) is 5.91 Å². The first-order chi connectivity index (χ1) is 9.10. The number of likely N-dealkylation sites (tertiary alicyclic amines) is 1. The molecule has 0 spiro atoms. The van der Waals surface area contributed by atoms with E-state index in [1.54, 1.807) is 4.90 Å². The fourth-order valence-electron chi connectivity index (χ4n) is 2.10. The molecule has 2 rings (SSSR count). The Balaban J connectivity index is 2.00. The predicted molar refractivity (Wildman–Crippen MR) is 67.8 cm³/mol. The molecule has 0 aliphatic carbocycles. The van der Waals surface area contributed by atoms with Gasteiger partial charge < -0.3 is 9.64 Å². The fourth-order valence-corrected chi connectivity index (χ4v) is 2.36. The van der Waals surface area contributed by atoms with Crippen molar-refractivity contribution >= 4 is 17.5 Å². The zero-order valence-corrected chi connectivity index (χ0v) is 10.9. The van der Waals surface area contributed by atoms with Crippen LogP contribution < -0.4 is 4.74 Å². The maximum absolute atomic E-state index is 12.1. The SMILES string of the molecule is O=C(c1ccc(OC(F)F)cc1)N1CCC(CCl)C1. The summed E-state index contributed by atoms with van der Waals surface area (Å²) in [6, 6.07) is 5.73. The molecular weight excluding hydrogens is 276 g/mol. The van der Waals surface area contributed by atoms with E-state index in [2.05, 4.69) is 4.74 Å². The maximum Gasteiger partial charge on any atom is 0.387 e. The van der Waals surface area contributed by atoms with Crippen LogP contribution in [-0.4, -0.2) is 36.4 Å². The largest absolute Gasteiger partial charge is 0.435 e. The van der Waals surface area contributed by atoms with Gasteiger partial charge in [0.2, 0.25) is 0 Å². The smallest absolute Gasteiger partial charge is 0.387 e. The summed E-state index contributed by atoms with van der Waals surface area (Å²) in [6.45, 7) is -1.52. The summed E-state index contributed by atoms with van der Waals surface area (Å²) >= 11 is 5.77. The molecule has 1 saturated heterocycles. The number of carbonyl (C=O) groups excluding carboxylic acids is 1. The molecule has 0 N–H and O–H groups in total. The lowest BCUT2D eigenvalue weighted by molar-refractivity contribution is -0.0498. The number of carbonyl (C=O) groups is 1. The Morgan fingerprint density at radius 2 is 2.11 bits per heavy atom. The van der Waals surface area contributed by atoms with Crippen LogP contribution in [0.25, 0.3) is 0 Å². The van der Waals surface area contributed by atoms with E-state index < -0.39 is 6.61 Å². The first-order valence-corrected chi connectivity index (χ1v) is 6.53. The van der Waals surface area contributed by atoms with E-state index in [9.17, 15) is 13.6 Å². The standard InChI is InChI=1S/C13H14ClF2NO2/c14-7-9-5-6-17(8-9)12(18)10-1-3-11(4-2-10)19-13(15)16/h1-4,9,13H,5-8H2. The molecule has 1 aromatic carbocycles. The molecule has 1 aliphatic rings. The van der Waals surface area contributed by atoms with Crippen molar-refractivity contribution in [1.29, 1.82) is 0 Å². The third kappa shape index (κ3) is 3.56. The lowest BCUT2D eigenvalue weighted by Crippen LogP contribution is -2.28. The second-order valence-corrected chi connectivity index (χ2v) is 4.77. The average Bonchev–Trinajstić information content (AvgIpc) is 2.87. The molecule has 0 radical (unpaired) electrons. The van der Waals surface area contributed by atoms with Crippen molar-refractivity contribution in [3.8, 4) is 5.75 Å². The van der Waals surface area contributed by atoms with Crippen LogP contribution in [0.2, 0.25) is 0 Å². The van der Waals surface area contributed by atoms with Crippen molar-refractivity contribution in [3.05, 3.63) is 29.8 Å². The normalized spacial score (nSPS) is 18.9. The van der Waals surface area contributed by atoms with Gasteiger partial charge in [-0.25, -0.2) is 0 Å². The van der Waals surface area contributed by atoms with Gasteiger partial charge in [-0.1, -0.05) is 0 Å². The Labute approximate surface area is 115 Å². The minimum atomic E-state index is -2.86. The van der Waals surface area contributed by atoms with Crippen LogP contribution >= 0.6 is 11.6 Å². The number of alkyl halides is 3. The summed E-state index contributed by atoms with van der Waals surface area (Å²) in [5.74, 6) is 0.833. The number of hydrogen-bond donors (Lipinski definition) is 0. The Morgan fingerprint density at radius 3 is 2.63 bits per heavy atom. The highest BCUT2D eigenvalue weighted by molar-refractivity contribution is 6.18.